The average Bonchev–Trinajstić information content (AvgIpc) is 2.37. The van der Waals surface area contributed by atoms with E-state index in [1.807, 2.05) is 24.3 Å². The summed E-state index contributed by atoms with van der Waals surface area (Å²) in [4.78, 5) is 0. The van der Waals surface area contributed by atoms with Gasteiger partial charge in [0.2, 0.25) is 0 Å². The van der Waals surface area contributed by atoms with Gasteiger partial charge in [0.15, 0.2) is 0 Å². The Morgan fingerprint density at radius 2 is 1.82 bits per heavy atom. The van der Waals surface area contributed by atoms with Crippen LogP contribution in [-0.2, 0) is 6.54 Å². The van der Waals surface area contributed by atoms with Crippen LogP contribution in [0.25, 0.3) is 0 Å². The molecular weight excluding hydrogens is 213 g/mol. The van der Waals surface area contributed by atoms with E-state index in [4.69, 9.17) is 0 Å². The fourth-order valence-electron chi connectivity index (χ4n) is 1.78. The van der Waals surface area contributed by atoms with E-state index in [0.29, 0.717) is 6.54 Å². The summed E-state index contributed by atoms with van der Waals surface area (Å²) in [7, 11) is 0. The summed E-state index contributed by atoms with van der Waals surface area (Å²) in [5, 5.41) is 3.38. The second-order valence-electron chi connectivity index (χ2n) is 4.14. The number of hydrogen-bond acceptors (Lipinski definition) is 1. The van der Waals surface area contributed by atoms with Gasteiger partial charge in [-0.3, -0.25) is 0 Å². The van der Waals surface area contributed by atoms with Gasteiger partial charge in [-0.15, -0.1) is 0 Å². The van der Waals surface area contributed by atoms with Gasteiger partial charge in [-0.25, -0.2) is 4.39 Å². The lowest BCUT2D eigenvalue weighted by Crippen LogP contribution is -2.17. The lowest BCUT2D eigenvalue weighted by atomic mass is 10.1. The van der Waals surface area contributed by atoms with Crippen molar-refractivity contribution in [1.82, 2.24) is 5.32 Å². The predicted molar refractivity (Wildman–Crippen MR) is 68.1 cm³/mol. The molecule has 0 aliphatic heterocycles. The van der Waals surface area contributed by atoms with Crippen LogP contribution < -0.4 is 5.32 Å². The Labute approximate surface area is 101 Å². The highest BCUT2D eigenvalue weighted by Crippen LogP contribution is 2.12. The molecule has 0 spiro atoms. The standard InChI is InChI=1S/C15H16FN/c1-12(14-7-3-2-4-8-14)17-11-13-6-5-9-15(16)10-13/h2-10,12,17H,11H2,1H3. The molecular formula is C15H16FN. The average molecular weight is 229 g/mol. The van der Waals surface area contributed by atoms with Crippen molar-refractivity contribution < 1.29 is 4.39 Å². The Morgan fingerprint density at radius 3 is 2.53 bits per heavy atom. The maximum Gasteiger partial charge on any atom is 0.123 e. The van der Waals surface area contributed by atoms with E-state index in [9.17, 15) is 4.39 Å². The maximum atomic E-state index is 13.0. The predicted octanol–water partition coefficient (Wildman–Crippen LogP) is 3.68. The minimum absolute atomic E-state index is 0.184. The molecule has 1 nitrogen and oxygen atoms in total. The lowest BCUT2D eigenvalue weighted by molar-refractivity contribution is 0.569. The van der Waals surface area contributed by atoms with E-state index in [0.717, 1.165) is 5.56 Å². The van der Waals surface area contributed by atoms with Crippen LogP contribution in [0.2, 0.25) is 0 Å². The molecule has 0 radical (unpaired) electrons. The van der Waals surface area contributed by atoms with E-state index < -0.39 is 0 Å². The number of nitrogens with one attached hydrogen (secondary N) is 1. The second kappa shape index (κ2) is 5.60. The molecule has 0 amide bonds. The van der Waals surface area contributed by atoms with Crippen molar-refractivity contribution in [1.29, 1.82) is 0 Å². The zero-order valence-electron chi connectivity index (χ0n) is 9.86. The molecule has 1 N–H and O–H groups in total. The molecule has 0 bridgehead atoms. The first kappa shape index (κ1) is 11.8. The highest BCUT2D eigenvalue weighted by molar-refractivity contribution is 5.19. The van der Waals surface area contributed by atoms with E-state index in [2.05, 4.69) is 24.4 Å². The Bertz CT molecular complexity index is 467. The van der Waals surface area contributed by atoms with Crippen LogP contribution >= 0.6 is 0 Å². The van der Waals surface area contributed by atoms with Gasteiger partial charge >= 0.3 is 0 Å². The summed E-state index contributed by atoms with van der Waals surface area (Å²) >= 11 is 0. The molecule has 1 unspecified atom stereocenters. The first-order valence-corrected chi connectivity index (χ1v) is 5.78. The monoisotopic (exact) mass is 229 g/mol. The summed E-state index contributed by atoms with van der Waals surface area (Å²) in [5.41, 5.74) is 2.21. The minimum atomic E-state index is -0.184. The Morgan fingerprint density at radius 1 is 1.06 bits per heavy atom. The fraction of sp³-hybridized carbons (Fsp3) is 0.200. The molecule has 1 atom stereocenters. The topological polar surface area (TPSA) is 12.0 Å². The Balaban J connectivity index is 1.95. The van der Waals surface area contributed by atoms with Crippen LogP contribution in [0.15, 0.2) is 54.6 Å². The zero-order valence-corrected chi connectivity index (χ0v) is 9.86. The van der Waals surface area contributed by atoms with Crippen molar-refractivity contribution in [2.75, 3.05) is 0 Å². The van der Waals surface area contributed by atoms with E-state index in [1.54, 1.807) is 12.1 Å². The summed E-state index contributed by atoms with van der Waals surface area (Å²) in [5.74, 6) is -0.184. The summed E-state index contributed by atoms with van der Waals surface area (Å²) in [6, 6.07) is 17.2. The summed E-state index contributed by atoms with van der Waals surface area (Å²) < 4.78 is 13.0. The van der Waals surface area contributed by atoms with E-state index >= 15 is 0 Å². The molecule has 0 aliphatic carbocycles. The number of benzene rings is 2. The molecule has 0 heterocycles. The minimum Gasteiger partial charge on any atom is -0.306 e. The Hall–Kier alpha value is -1.67. The van der Waals surface area contributed by atoms with E-state index in [1.165, 1.54) is 11.6 Å². The SMILES string of the molecule is CC(NCc1cccc(F)c1)c1ccccc1. The molecule has 0 saturated heterocycles. The maximum absolute atomic E-state index is 13.0. The molecule has 2 rings (SSSR count). The number of halogens is 1. The molecule has 0 saturated carbocycles. The van der Waals surface area contributed by atoms with Crippen molar-refractivity contribution in [2.24, 2.45) is 0 Å². The summed E-state index contributed by atoms with van der Waals surface area (Å²) in [6.45, 7) is 2.78. The zero-order chi connectivity index (χ0) is 12.1. The van der Waals surface area contributed by atoms with Gasteiger partial charge in [-0.2, -0.15) is 0 Å². The first-order valence-electron chi connectivity index (χ1n) is 5.78. The van der Waals surface area contributed by atoms with Crippen molar-refractivity contribution in [3.05, 3.63) is 71.5 Å². The van der Waals surface area contributed by atoms with Crippen LogP contribution in [0.3, 0.4) is 0 Å². The van der Waals surface area contributed by atoms with Crippen LogP contribution in [0.5, 0.6) is 0 Å². The third-order valence-corrected chi connectivity index (χ3v) is 2.80. The third-order valence-electron chi connectivity index (χ3n) is 2.80. The van der Waals surface area contributed by atoms with Crippen LogP contribution in [0, 0.1) is 5.82 Å². The Kier molecular flexibility index (Phi) is 3.89. The highest BCUT2D eigenvalue weighted by atomic mass is 19.1. The van der Waals surface area contributed by atoms with Gasteiger partial charge in [0.25, 0.3) is 0 Å². The van der Waals surface area contributed by atoms with Crippen LogP contribution in [0.1, 0.15) is 24.1 Å². The highest BCUT2D eigenvalue weighted by Gasteiger charge is 2.03. The molecule has 2 aromatic rings. The molecule has 0 aliphatic rings. The molecule has 2 heteroatoms. The quantitative estimate of drug-likeness (QED) is 0.843. The van der Waals surface area contributed by atoms with Crippen molar-refractivity contribution in [3.63, 3.8) is 0 Å². The summed E-state index contributed by atoms with van der Waals surface area (Å²) in [6.07, 6.45) is 0. The van der Waals surface area contributed by atoms with E-state index in [-0.39, 0.29) is 11.9 Å². The van der Waals surface area contributed by atoms with Crippen LogP contribution in [0.4, 0.5) is 4.39 Å². The normalized spacial score (nSPS) is 12.4. The van der Waals surface area contributed by atoms with Crippen LogP contribution in [-0.4, -0.2) is 0 Å². The molecule has 2 aromatic carbocycles. The fourth-order valence-corrected chi connectivity index (χ4v) is 1.78. The van der Waals surface area contributed by atoms with Crippen molar-refractivity contribution in [2.45, 2.75) is 19.5 Å². The molecule has 0 fully saturated rings. The van der Waals surface area contributed by atoms with Gasteiger partial charge in [0.05, 0.1) is 0 Å². The lowest BCUT2D eigenvalue weighted by Gasteiger charge is -2.14. The van der Waals surface area contributed by atoms with Crippen molar-refractivity contribution >= 4 is 0 Å². The molecule has 0 aromatic heterocycles. The third kappa shape index (κ3) is 3.40. The van der Waals surface area contributed by atoms with Gasteiger partial charge in [-0.1, -0.05) is 42.5 Å². The van der Waals surface area contributed by atoms with Gasteiger partial charge < -0.3 is 5.32 Å². The van der Waals surface area contributed by atoms with Gasteiger partial charge in [-0.05, 0) is 30.2 Å². The van der Waals surface area contributed by atoms with Gasteiger partial charge in [0.1, 0.15) is 5.82 Å². The molecule has 17 heavy (non-hydrogen) atoms. The second-order valence-corrected chi connectivity index (χ2v) is 4.14. The largest absolute Gasteiger partial charge is 0.306 e. The number of rotatable bonds is 4. The smallest absolute Gasteiger partial charge is 0.123 e. The first-order chi connectivity index (χ1) is 8.25. The van der Waals surface area contributed by atoms with Crippen molar-refractivity contribution in [3.8, 4) is 0 Å². The van der Waals surface area contributed by atoms with Gasteiger partial charge in [0, 0.05) is 12.6 Å². The molecule has 88 valence electrons. The number of hydrogen-bond donors (Lipinski definition) is 1.